The lowest BCUT2D eigenvalue weighted by atomic mass is 10.2. The molecule has 90 valence electrons. The van der Waals surface area contributed by atoms with Gasteiger partial charge in [0, 0.05) is 13.7 Å². The molecule has 1 amide bonds. The van der Waals surface area contributed by atoms with Crippen LogP contribution in [0.1, 0.15) is 20.8 Å². The Morgan fingerprint density at radius 2 is 2.07 bits per heavy atom. The van der Waals surface area contributed by atoms with Crippen LogP contribution < -0.4 is 11.1 Å². The monoisotopic (exact) mass is 218 g/mol. The highest BCUT2D eigenvalue weighted by molar-refractivity contribution is 5.77. The zero-order chi connectivity index (χ0) is 11.9. The fourth-order valence-electron chi connectivity index (χ4n) is 0.921. The van der Waals surface area contributed by atoms with Crippen molar-refractivity contribution in [3.8, 4) is 0 Å². The standard InChI is InChI=1S/C10H22N2O3/c1-10(2,3)15-7-9(13)12-8(5-11)6-14-4/h8H,5-7,11H2,1-4H3,(H,12,13). The van der Waals surface area contributed by atoms with Crippen molar-refractivity contribution in [3.05, 3.63) is 0 Å². The van der Waals surface area contributed by atoms with Crippen molar-refractivity contribution >= 4 is 5.91 Å². The highest BCUT2D eigenvalue weighted by atomic mass is 16.5. The lowest BCUT2D eigenvalue weighted by Crippen LogP contribution is -2.45. The van der Waals surface area contributed by atoms with Gasteiger partial charge in [-0.1, -0.05) is 0 Å². The second-order valence-corrected chi connectivity index (χ2v) is 4.36. The number of methoxy groups -OCH3 is 1. The second-order valence-electron chi connectivity index (χ2n) is 4.36. The van der Waals surface area contributed by atoms with Gasteiger partial charge in [-0.25, -0.2) is 0 Å². The Balaban J connectivity index is 3.81. The summed E-state index contributed by atoms with van der Waals surface area (Å²) in [6.07, 6.45) is 0. The summed E-state index contributed by atoms with van der Waals surface area (Å²) in [5.74, 6) is -0.169. The normalized spacial score (nSPS) is 13.7. The van der Waals surface area contributed by atoms with Crippen LogP contribution >= 0.6 is 0 Å². The average Bonchev–Trinajstić information content (AvgIpc) is 2.13. The van der Waals surface area contributed by atoms with Gasteiger partial charge in [-0.05, 0) is 20.8 Å². The lowest BCUT2D eigenvalue weighted by Gasteiger charge is -2.21. The van der Waals surface area contributed by atoms with Gasteiger partial charge in [-0.2, -0.15) is 0 Å². The number of ether oxygens (including phenoxy) is 2. The van der Waals surface area contributed by atoms with E-state index in [9.17, 15) is 4.79 Å². The quantitative estimate of drug-likeness (QED) is 0.652. The first kappa shape index (κ1) is 14.3. The van der Waals surface area contributed by atoms with Gasteiger partial charge in [0.1, 0.15) is 6.61 Å². The van der Waals surface area contributed by atoms with Crippen LogP contribution in [0.4, 0.5) is 0 Å². The molecule has 1 atom stereocenters. The van der Waals surface area contributed by atoms with E-state index in [0.717, 1.165) is 0 Å². The second kappa shape index (κ2) is 6.76. The summed E-state index contributed by atoms with van der Waals surface area (Å²) >= 11 is 0. The first-order valence-corrected chi connectivity index (χ1v) is 5.01. The number of carbonyl (C=O) groups excluding carboxylic acids is 1. The Bertz CT molecular complexity index is 190. The maximum absolute atomic E-state index is 11.4. The van der Waals surface area contributed by atoms with Crippen molar-refractivity contribution in [2.45, 2.75) is 32.4 Å². The van der Waals surface area contributed by atoms with E-state index in [-0.39, 0.29) is 24.2 Å². The van der Waals surface area contributed by atoms with Crippen LogP contribution in [0, 0.1) is 0 Å². The molecule has 1 unspecified atom stereocenters. The smallest absolute Gasteiger partial charge is 0.246 e. The molecule has 0 aliphatic carbocycles. The van der Waals surface area contributed by atoms with E-state index < -0.39 is 0 Å². The van der Waals surface area contributed by atoms with Gasteiger partial charge < -0.3 is 20.5 Å². The molecule has 0 aliphatic heterocycles. The van der Waals surface area contributed by atoms with Crippen LogP contribution in [0.2, 0.25) is 0 Å². The van der Waals surface area contributed by atoms with Gasteiger partial charge in [0.2, 0.25) is 5.91 Å². The molecule has 15 heavy (non-hydrogen) atoms. The molecule has 0 bridgehead atoms. The molecule has 0 aromatic carbocycles. The van der Waals surface area contributed by atoms with Gasteiger partial charge in [0.15, 0.2) is 0 Å². The lowest BCUT2D eigenvalue weighted by molar-refractivity contribution is -0.131. The Morgan fingerprint density at radius 3 is 2.47 bits per heavy atom. The number of nitrogens with one attached hydrogen (secondary N) is 1. The number of hydrogen-bond acceptors (Lipinski definition) is 4. The zero-order valence-corrected chi connectivity index (χ0v) is 10.0. The Hall–Kier alpha value is -0.650. The molecule has 0 heterocycles. The van der Waals surface area contributed by atoms with Crippen molar-refractivity contribution in [2.24, 2.45) is 5.73 Å². The Morgan fingerprint density at radius 1 is 1.47 bits per heavy atom. The molecule has 0 rings (SSSR count). The number of hydrogen-bond donors (Lipinski definition) is 2. The Kier molecular flexibility index (Phi) is 6.47. The summed E-state index contributed by atoms with van der Waals surface area (Å²) in [4.78, 5) is 11.4. The van der Waals surface area contributed by atoms with Crippen LogP contribution in [0.5, 0.6) is 0 Å². The first-order valence-electron chi connectivity index (χ1n) is 5.01. The summed E-state index contributed by atoms with van der Waals surface area (Å²) in [5, 5.41) is 2.73. The van der Waals surface area contributed by atoms with Gasteiger partial charge in [-0.3, -0.25) is 4.79 Å². The summed E-state index contributed by atoms with van der Waals surface area (Å²) in [5.41, 5.74) is 5.14. The van der Waals surface area contributed by atoms with Crippen molar-refractivity contribution in [2.75, 3.05) is 26.9 Å². The van der Waals surface area contributed by atoms with E-state index in [4.69, 9.17) is 15.2 Å². The van der Waals surface area contributed by atoms with Gasteiger partial charge in [-0.15, -0.1) is 0 Å². The minimum atomic E-state index is -0.309. The molecular formula is C10H22N2O3. The van der Waals surface area contributed by atoms with E-state index in [0.29, 0.717) is 13.2 Å². The third kappa shape index (κ3) is 8.35. The summed E-state index contributed by atoms with van der Waals surface area (Å²) in [6, 6.07) is -0.147. The molecule has 3 N–H and O–H groups in total. The molecular weight excluding hydrogens is 196 g/mol. The number of nitrogens with two attached hydrogens (primary N) is 1. The van der Waals surface area contributed by atoms with Gasteiger partial charge in [0.05, 0.1) is 18.2 Å². The highest BCUT2D eigenvalue weighted by Crippen LogP contribution is 2.05. The molecule has 5 nitrogen and oxygen atoms in total. The van der Waals surface area contributed by atoms with Crippen LogP contribution in [0.25, 0.3) is 0 Å². The molecule has 0 aromatic heterocycles. The van der Waals surface area contributed by atoms with E-state index in [2.05, 4.69) is 5.32 Å². The largest absolute Gasteiger partial charge is 0.383 e. The molecule has 0 saturated heterocycles. The molecule has 0 saturated carbocycles. The van der Waals surface area contributed by atoms with Crippen molar-refractivity contribution in [1.29, 1.82) is 0 Å². The third-order valence-corrected chi connectivity index (χ3v) is 1.65. The molecule has 0 aromatic rings. The predicted molar refractivity (Wildman–Crippen MR) is 58.6 cm³/mol. The maximum Gasteiger partial charge on any atom is 0.246 e. The van der Waals surface area contributed by atoms with E-state index in [1.807, 2.05) is 20.8 Å². The molecule has 0 fully saturated rings. The van der Waals surface area contributed by atoms with Crippen LogP contribution in [-0.2, 0) is 14.3 Å². The maximum atomic E-state index is 11.4. The van der Waals surface area contributed by atoms with Crippen molar-refractivity contribution in [1.82, 2.24) is 5.32 Å². The number of rotatable bonds is 6. The number of amides is 1. The van der Waals surface area contributed by atoms with Gasteiger partial charge in [0.25, 0.3) is 0 Å². The molecule has 0 aliphatic rings. The predicted octanol–water partition coefficient (Wildman–Crippen LogP) is -0.109. The van der Waals surface area contributed by atoms with Crippen molar-refractivity contribution in [3.63, 3.8) is 0 Å². The fraction of sp³-hybridized carbons (Fsp3) is 0.900. The minimum Gasteiger partial charge on any atom is -0.383 e. The third-order valence-electron chi connectivity index (χ3n) is 1.65. The van der Waals surface area contributed by atoms with Crippen LogP contribution in [0.3, 0.4) is 0 Å². The molecule has 0 spiro atoms. The van der Waals surface area contributed by atoms with Crippen LogP contribution in [0.15, 0.2) is 0 Å². The topological polar surface area (TPSA) is 73.6 Å². The van der Waals surface area contributed by atoms with Crippen molar-refractivity contribution < 1.29 is 14.3 Å². The van der Waals surface area contributed by atoms with E-state index >= 15 is 0 Å². The SMILES string of the molecule is COCC(CN)NC(=O)COC(C)(C)C. The zero-order valence-electron chi connectivity index (χ0n) is 10.0. The number of carbonyl (C=O) groups is 1. The first-order chi connectivity index (χ1) is 6.89. The summed E-state index contributed by atoms with van der Waals surface area (Å²) < 4.78 is 10.2. The minimum absolute atomic E-state index is 0.0454. The highest BCUT2D eigenvalue weighted by Gasteiger charge is 2.15. The Labute approximate surface area is 91.3 Å². The molecule has 5 heteroatoms. The fourth-order valence-corrected chi connectivity index (χ4v) is 0.921. The van der Waals surface area contributed by atoms with E-state index in [1.165, 1.54) is 0 Å². The van der Waals surface area contributed by atoms with E-state index in [1.54, 1.807) is 7.11 Å². The molecule has 0 radical (unpaired) electrons. The summed E-state index contributed by atoms with van der Waals surface area (Å²) in [7, 11) is 1.57. The van der Waals surface area contributed by atoms with Gasteiger partial charge >= 0.3 is 0 Å². The van der Waals surface area contributed by atoms with Crippen LogP contribution in [-0.4, -0.2) is 44.4 Å². The summed E-state index contributed by atoms with van der Waals surface area (Å²) in [6.45, 7) is 6.51. The average molecular weight is 218 g/mol.